The van der Waals surface area contributed by atoms with Gasteiger partial charge in [0.25, 0.3) is 0 Å². The van der Waals surface area contributed by atoms with Crippen LogP contribution in [-0.2, 0) is 0 Å². The Hall–Kier alpha value is -0.520. The van der Waals surface area contributed by atoms with Crippen LogP contribution in [0.3, 0.4) is 0 Å². The fourth-order valence-electron chi connectivity index (χ4n) is 2.83. The van der Waals surface area contributed by atoms with E-state index >= 15 is 0 Å². The van der Waals surface area contributed by atoms with Crippen molar-refractivity contribution >= 4 is 0 Å². The molecule has 0 spiro atoms. The van der Waals surface area contributed by atoms with E-state index in [1.165, 1.54) is 38.6 Å². The van der Waals surface area contributed by atoms with E-state index in [1.807, 2.05) is 0 Å². The molecule has 0 unspecified atom stereocenters. The largest absolute Gasteiger partial charge is 0.316 e. The van der Waals surface area contributed by atoms with E-state index in [4.69, 9.17) is 0 Å². The molecule has 0 atom stereocenters. The molecule has 0 aromatic heterocycles. The lowest BCUT2D eigenvalue weighted by Crippen LogP contribution is -2.39. The Labute approximate surface area is 123 Å². The first-order chi connectivity index (χ1) is 9.22. The SMILES string of the molecule is CCC#CCCCNCC1CCC(NC(C)C)CC1.[HH].[HH]. The molecule has 1 aliphatic carbocycles. The fourth-order valence-corrected chi connectivity index (χ4v) is 2.83. The quantitative estimate of drug-likeness (QED) is 0.542. The van der Waals surface area contributed by atoms with Crippen molar-refractivity contribution in [2.24, 2.45) is 5.92 Å². The van der Waals surface area contributed by atoms with Gasteiger partial charge in [0, 0.05) is 27.8 Å². The molecule has 2 heteroatoms. The molecule has 0 aromatic rings. The minimum Gasteiger partial charge on any atom is -0.316 e. The number of hydrogen-bond donors (Lipinski definition) is 2. The van der Waals surface area contributed by atoms with Crippen LogP contribution >= 0.6 is 0 Å². The lowest BCUT2D eigenvalue weighted by molar-refractivity contribution is 0.274. The second-order valence-corrected chi connectivity index (χ2v) is 6.05. The van der Waals surface area contributed by atoms with Gasteiger partial charge in [0.05, 0.1) is 0 Å². The zero-order chi connectivity index (χ0) is 13.9. The van der Waals surface area contributed by atoms with E-state index < -0.39 is 0 Å². The molecule has 1 aliphatic rings. The number of rotatable bonds is 7. The van der Waals surface area contributed by atoms with Gasteiger partial charge in [-0.2, -0.15) is 0 Å². The van der Waals surface area contributed by atoms with Crippen LogP contribution in [0.1, 0.15) is 68.6 Å². The molecule has 0 amide bonds. The van der Waals surface area contributed by atoms with Gasteiger partial charge in [0.15, 0.2) is 0 Å². The third-order valence-electron chi connectivity index (χ3n) is 3.81. The standard InChI is InChI=1S/C17H32N2.2H2/c1-4-5-6-7-8-13-18-14-16-9-11-17(12-10-16)19-15(2)3;;/h15-19H,4,7-14H2,1-3H3;2*1H. The summed E-state index contributed by atoms with van der Waals surface area (Å²) >= 11 is 0. The average molecular weight is 268 g/mol. The normalized spacial score (nSPS) is 23.2. The highest BCUT2D eigenvalue weighted by molar-refractivity contribution is 4.97. The lowest BCUT2D eigenvalue weighted by Gasteiger charge is -2.30. The maximum atomic E-state index is 3.66. The van der Waals surface area contributed by atoms with E-state index in [9.17, 15) is 0 Å². The molecule has 1 fully saturated rings. The van der Waals surface area contributed by atoms with E-state index in [2.05, 4.69) is 43.2 Å². The lowest BCUT2D eigenvalue weighted by atomic mass is 9.85. The summed E-state index contributed by atoms with van der Waals surface area (Å²) in [5.41, 5.74) is 0. The van der Waals surface area contributed by atoms with Crippen LogP contribution in [-0.4, -0.2) is 25.2 Å². The van der Waals surface area contributed by atoms with Gasteiger partial charge < -0.3 is 10.6 Å². The van der Waals surface area contributed by atoms with Crippen LogP contribution < -0.4 is 10.6 Å². The smallest absolute Gasteiger partial charge is 0.0101 e. The Bertz CT molecular complexity index is 276. The molecule has 1 rings (SSSR count). The summed E-state index contributed by atoms with van der Waals surface area (Å²) in [6.45, 7) is 8.93. The molecule has 0 aromatic carbocycles. The summed E-state index contributed by atoms with van der Waals surface area (Å²) in [4.78, 5) is 0. The molecule has 0 aliphatic heterocycles. The van der Waals surface area contributed by atoms with E-state index in [-0.39, 0.29) is 2.85 Å². The predicted molar refractivity (Wildman–Crippen MR) is 88.4 cm³/mol. The summed E-state index contributed by atoms with van der Waals surface area (Å²) in [5.74, 6) is 7.22. The second-order valence-electron chi connectivity index (χ2n) is 6.05. The topological polar surface area (TPSA) is 24.1 Å². The predicted octanol–water partition coefficient (Wildman–Crippen LogP) is 3.82. The molecule has 1 saturated carbocycles. The first-order valence-corrected chi connectivity index (χ1v) is 8.14. The van der Waals surface area contributed by atoms with Crippen LogP contribution in [0.2, 0.25) is 0 Å². The number of hydrogen-bond acceptors (Lipinski definition) is 2. The van der Waals surface area contributed by atoms with Gasteiger partial charge in [-0.15, -0.1) is 11.8 Å². The van der Waals surface area contributed by atoms with Crippen molar-refractivity contribution in [3.05, 3.63) is 0 Å². The third-order valence-corrected chi connectivity index (χ3v) is 3.81. The number of unbranched alkanes of at least 4 members (excludes halogenated alkanes) is 1. The monoisotopic (exact) mass is 268 g/mol. The van der Waals surface area contributed by atoms with Gasteiger partial charge in [-0.3, -0.25) is 0 Å². The Balaban J connectivity index is 0. The maximum Gasteiger partial charge on any atom is 0.0101 e. The second kappa shape index (κ2) is 10.3. The van der Waals surface area contributed by atoms with Gasteiger partial charge in [-0.25, -0.2) is 0 Å². The summed E-state index contributed by atoms with van der Waals surface area (Å²) in [7, 11) is 0. The zero-order valence-electron chi connectivity index (χ0n) is 13.1. The molecule has 2 nitrogen and oxygen atoms in total. The van der Waals surface area contributed by atoms with Crippen molar-refractivity contribution in [1.82, 2.24) is 10.6 Å². The fraction of sp³-hybridized carbons (Fsp3) is 0.882. The van der Waals surface area contributed by atoms with Gasteiger partial charge >= 0.3 is 0 Å². The molecular weight excluding hydrogens is 232 g/mol. The molecule has 0 saturated heterocycles. The number of nitrogens with one attached hydrogen (secondary N) is 2. The Kier molecular flexibility index (Phi) is 8.95. The molecule has 2 N–H and O–H groups in total. The average Bonchev–Trinajstić information content (AvgIpc) is 2.39. The minimum atomic E-state index is 0. The van der Waals surface area contributed by atoms with Crippen molar-refractivity contribution in [2.45, 2.75) is 77.8 Å². The van der Waals surface area contributed by atoms with Crippen molar-refractivity contribution in [1.29, 1.82) is 0 Å². The summed E-state index contributed by atoms with van der Waals surface area (Å²) < 4.78 is 0. The molecule has 0 radical (unpaired) electrons. The minimum absolute atomic E-state index is 0. The van der Waals surface area contributed by atoms with Gasteiger partial charge in [0.2, 0.25) is 0 Å². The van der Waals surface area contributed by atoms with Crippen LogP contribution in [0.25, 0.3) is 0 Å². The van der Waals surface area contributed by atoms with E-state index in [0.717, 1.165) is 31.3 Å². The first-order valence-electron chi connectivity index (χ1n) is 8.14. The summed E-state index contributed by atoms with van der Waals surface area (Å²) in [6.07, 6.45) is 8.70. The summed E-state index contributed by atoms with van der Waals surface area (Å²) in [5, 5.41) is 7.26. The maximum absolute atomic E-state index is 3.66. The highest BCUT2D eigenvalue weighted by Gasteiger charge is 2.20. The highest BCUT2D eigenvalue weighted by Crippen LogP contribution is 2.23. The van der Waals surface area contributed by atoms with Crippen molar-refractivity contribution in [3.63, 3.8) is 0 Å². The zero-order valence-corrected chi connectivity index (χ0v) is 13.1. The first kappa shape index (κ1) is 16.5. The molecule has 0 bridgehead atoms. The highest BCUT2D eigenvalue weighted by atomic mass is 14.9. The van der Waals surface area contributed by atoms with Crippen LogP contribution in [0.4, 0.5) is 0 Å². The van der Waals surface area contributed by atoms with Crippen LogP contribution in [0.15, 0.2) is 0 Å². The van der Waals surface area contributed by atoms with E-state index in [0.29, 0.717) is 6.04 Å². The molecule has 114 valence electrons. The Morgan fingerprint density at radius 2 is 1.89 bits per heavy atom. The molecule has 0 heterocycles. The van der Waals surface area contributed by atoms with Gasteiger partial charge in [-0.05, 0) is 51.1 Å². The Morgan fingerprint density at radius 1 is 1.16 bits per heavy atom. The van der Waals surface area contributed by atoms with Crippen LogP contribution in [0, 0.1) is 17.8 Å². The molecular formula is C17H36N2. The summed E-state index contributed by atoms with van der Waals surface area (Å²) in [6, 6.07) is 1.39. The van der Waals surface area contributed by atoms with E-state index in [1.54, 1.807) is 0 Å². The van der Waals surface area contributed by atoms with Crippen molar-refractivity contribution < 1.29 is 2.85 Å². The third kappa shape index (κ3) is 8.29. The van der Waals surface area contributed by atoms with Crippen LogP contribution in [0.5, 0.6) is 0 Å². The molecule has 19 heavy (non-hydrogen) atoms. The Morgan fingerprint density at radius 3 is 2.53 bits per heavy atom. The van der Waals surface area contributed by atoms with Gasteiger partial charge in [-0.1, -0.05) is 20.8 Å². The van der Waals surface area contributed by atoms with Gasteiger partial charge in [0.1, 0.15) is 0 Å². The van der Waals surface area contributed by atoms with Crippen molar-refractivity contribution in [3.8, 4) is 11.8 Å². The van der Waals surface area contributed by atoms with Crippen molar-refractivity contribution in [2.75, 3.05) is 13.1 Å².